The van der Waals surface area contributed by atoms with Gasteiger partial charge in [-0.3, -0.25) is 9.80 Å². The maximum Gasteiger partial charge on any atom is 1.00 e. The summed E-state index contributed by atoms with van der Waals surface area (Å²) in [6, 6.07) is 0. The molecule has 0 radical (unpaired) electrons. The summed E-state index contributed by atoms with van der Waals surface area (Å²) in [4.78, 5) is 33.0. The van der Waals surface area contributed by atoms with E-state index in [0.29, 0.717) is 0 Å². The Morgan fingerprint density at radius 1 is 0.714 bits per heavy atom. The van der Waals surface area contributed by atoms with Gasteiger partial charge >= 0.3 is 88.7 Å². The molecule has 0 saturated carbocycles. The molecule has 0 aliphatic heterocycles. The van der Waals surface area contributed by atoms with Gasteiger partial charge in [-0.05, 0) is 0 Å². The zero-order valence-corrected chi connectivity index (χ0v) is 18.5. The third-order valence-corrected chi connectivity index (χ3v) is 1.99. The van der Waals surface area contributed by atoms with Gasteiger partial charge in [-0.2, -0.15) is 0 Å². The van der Waals surface area contributed by atoms with E-state index in [1.165, 1.54) is 0 Å². The van der Waals surface area contributed by atoms with Gasteiger partial charge in [0, 0.05) is 32.7 Å². The molecule has 0 amide bonds. The molecule has 0 unspecified atom stereocenters. The normalized spacial score (nSPS) is 9.29. The van der Waals surface area contributed by atoms with E-state index in [2.05, 4.69) is 0 Å². The Hall–Kier alpha value is 1.29. The van der Waals surface area contributed by atoms with Crippen LogP contribution in [0.5, 0.6) is 0 Å². The molecule has 0 spiro atoms. The molecule has 1 N–H and O–H groups in total. The Balaban J connectivity index is -0.000000482. The Labute approximate surface area is 188 Å². The molecule has 0 atom stereocenters. The predicted octanol–water partition coefficient (Wildman–Crippen LogP) is -15.2. The number of aliphatic hydroxyl groups is 1. The molecule has 0 bridgehead atoms. The van der Waals surface area contributed by atoms with E-state index in [9.17, 15) is 29.7 Å². The van der Waals surface area contributed by atoms with E-state index >= 15 is 0 Å². The third-order valence-electron chi connectivity index (χ3n) is 1.99. The molecule has 0 heterocycles. The molecule has 0 aromatic rings. The van der Waals surface area contributed by atoms with Crippen LogP contribution >= 0.6 is 0 Å². The van der Waals surface area contributed by atoms with E-state index in [4.69, 9.17) is 5.11 Å². The van der Waals surface area contributed by atoms with E-state index in [1.807, 2.05) is 0 Å². The minimum absolute atomic E-state index is 0. The van der Waals surface area contributed by atoms with Crippen LogP contribution in [0.15, 0.2) is 0 Å². The minimum atomic E-state index is -1.47. The van der Waals surface area contributed by atoms with Crippen molar-refractivity contribution < 1.29 is 123 Å². The van der Waals surface area contributed by atoms with Crippen molar-refractivity contribution in [1.29, 1.82) is 0 Å². The van der Waals surface area contributed by atoms with Crippen molar-refractivity contribution in [2.75, 3.05) is 39.5 Å². The van der Waals surface area contributed by atoms with Crippen LogP contribution in [-0.2, 0) is 14.4 Å². The van der Waals surface area contributed by atoms with E-state index in [-0.39, 0.29) is 102 Å². The van der Waals surface area contributed by atoms with E-state index in [1.54, 1.807) is 0 Å². The maximum absolute atomic E-state index is 10.3. The number of carboxylic acid groups (broad SMARTS) is 3. The van der Waals surface area contributed by atoms with Crippen LogP contribution in [0.3, 0.4) is 0 Å². The SMILES string of the molecule is O=C([O-])CN(CO)CCN(CC(=O)[O-])CC(=O)[O-].[Na+].[Na+].[Na+]. The molecule has 12 heteroatoms. The number of rotatable bonds is 10. The molecular weight excluding hydrogens is 317 g/mol. The van der Waals surface area contributed by atoms with E-state index in [0.717, 1.165) is 9.80 Å². The number of aliphatic carboxylic acids is 3. The summed E-state index contributed by atoms with van der Waals surface area (Å²) in [5.74, 6) is -4.34. The van der Waals surface area contributed by atoms with Gasteiger partial charge in [-0.15, -0.1) is 0 Å². The summed E-state index contributed by atoms with van der Waals surface area (Å²) in [5, 5.41) is 39.8. The second-order valence-electron chi connectivity index (χ2n) is 3.52. The zero-order chi connectivity index (χ0) is 14.1. The number of carbonyl (C=O) groups excluding carboxylic acids is 3. The largest absolute Gasteiger partial charge is 1.00 e. The third kappa shape index (κ3) is 19.2. The molecule has 0 aliphatic rings. The average Bonchev–Trinajstić information content (AvgIpc) is 2.21. The predicted molar refractivity (Wildman–Crippen MR) is 50.1 cm³/mol. The summed E-state index contributed by atoms with van der Waals surface area (Å²) in [7, 11) is 0. The Bertz CT molecular complexity index is 304. The first kappa shape index (κ1) is 30.2. The van der Waals surface area contributed by atoms with Gasteiger partial charge < -0.3 is 34.8 Å². The Kier molecular flexibility index (Phi) is 25.4. The average molecular weight is 330 g/mol. The molecular formula is C9H13N2Na3O7. The van der Waals surface area contributed by atoms with Gasteiger partial charge in [0.2, 0.25) is 0 Å². The fourth-order valence-electron chi connectivity index (χ4n) is 1.24. The molecule has 9 nitrogen and oxygen atoms in total. The van der Waals surface area contributed by atoms with Crippen LogP contribution < -0.4 is 104 Å². The summed E-state index contributed by atoms with van der Waals surface area (Å²) in [6.07, 6.45) is 0. The number of aliphatic hydroxyl groups excluding tert-OH is 1. The van der Waals surface area contributed by atoms with Crippen LogP contribution in [-0.4, -0.2) is 72.3 Å². The van der Waals surface area contributed by atoms with Crippen LogP contribution in [0.1, 0.15) is 0 Å². The number of carbonyl (C=O) groups is 3. The van der Waals surface area contributed by atoms with Crippen molar-refractivity contribution in [2.24, 2.45) is 0 Å². The quantitative estimate of drug-likeness (QED) is 0.304. The molecule has 0 aliphatic carbocycles. The van der Waals surface area contributed by atoms with Crippen molar-refractivity contribution in [2.45, 2.75) is 0 Å². The van der Waals surface area contributed by atoms with Gasteiger partial charge in [0.25, 0.3) is 0 Å². The standard InChI is InChI=1S/C9H16N2O7.3Na/c12-6-11(5-9(17)18)2-1-10(3-7(13)14)4-8(15)16;;;/h12H,1-6H2,(H,13,14)(H,15,16)(H,17,18);;;/q;3*+1/p-3. The molecule has 0 rings (SSSR count). The summed E-state index contributed by atoms with van der Waals surface area (Å²) in [6.45, 7) is -2.47. The van der Waals surface area contributed by atoms with E-state index < -0.39 is 44.3 Å². The van der Waals surface area contributed by atoms with Gasteiger partial charge in [0.1, 0.15) is 0 Å². The molecule has 104 valence electrons. The topological polar surface area (TPSA) is 147 Å². The monoisotopic (exact) mass is 330 g/mol. The number of hydrogen-bond acceptors (Lipinski definition) is 9. The van der Waals surface area contributed by atoms with Crippen molar-refractivity contribution >= 4 is 17.9 Å². The fraction of sp³-hybridized carbons (Fsp3) is 0.667. The second-order valence-corrected chi connectivity index (χ2v) is 3.52. The number of carboxylic acids is 3. The Morgan fingerprint density at radius 3 is 1.29 bits per heavy atom. The zero-order valence-electron chi connectivity index (χ0n) is 12.5. The summed E-state index contributed by atoms with van der Waals surface area (Å²) < 4.78 is 0. The van der Waals surface area contributed by atoms with Crippen LogP contribution in [0.4, 0.5) is 0 Å². The van der Waals surface area contributed by atoms with Gasteiger partial charge in [-0.25, -0.2) is 0 Å². The first-order valence-corrected chi connectivity index (χ1v) is 5.00. The minimum Gasteiger partial charge on any atom is -0.549 e. The van der Waals surface area contributed by atoms with Crippen molar-refractivity contribution in [3.8, 4) is 0 Å². The van der Waals surface area contributed by atoms with Crippen molar-refractivity contribution in [1.82, 2.24) is 9.80 Å². The van der Waals surface area contributed by atoms with Crippen LogP contribution in [0.25, 0.3) is 0 Å². The fourth-order valence-corrected chi connectivity index (χ4v) is 1.24. The second kappa shape index (κ2) is 17.6. The van der Waals surface area contributed by atoms with Gasteiger partial charge in [0.15, 0.2) is 0 Å². The number of hydrogen-bond donors (Lipinski definition) is 1. The van der Waals surface area contributed by atoms with Crippen molar-refractivity contribution in [3.63, 3.8) is 0 Å². The maximum atomic E-state index is 10.3. The summed E-state index contributed by atoms with van der Waals surface area (Å²) >= 11 is 0. The molecule has 0 saturated heterocycles. The smallest absolute Gasteiger partial charge is 0.549 e. The first-order chi connectivity index (χ1) is 8.35. The molecule has 0 aromatic carbocycles. The molecule has 0 aromatic heterocycles. The van der Waals surface area contributed by atoms with Gasteiger partial charge in [-0.1, -0.05) is 0 Å². The van der Waals surface area contributed by atoms with Crippen LogP contribution in [0.2, 0.25) is 0 Å². The Morgan fingerprint density at radius 2 is 1.00 bits per heavy atom. The number of nitrogens with zero attached hydrogens (tertiary/aromatic N) is 2. The summed E-state index contributed by atoms with van der Waals surface area (Å²) in [5.41, 5.74) is 0. The molecule has 0 fully saturated rings. The first-order valence-electron chi connectivity index (χ1n) is 5.00. The molecule has 21 heavy (non-hydrogen) atoms. The van der Waals surface area contributed by atoms with Crippen LogP contribution in [0, 0.1) is 0 Å². The van der Waals surface area contributed by atoms with Crippen molar-refractivity contribution in [3.05, 3.63) is 0 Å². The van der Waals surface area contributed by atoms with Gasteiger partial charge in [0.05, 0.1) is 24.6 Å².